The molecule has 1 N–H and O–H groups in total. The van der Waals surface area contributed by atoms with Gasteiger partial charge in [0.15, 0.2) is 12.4 Å². The number of nitrogens with one attached hydrogen (secondary N) is 1. The summed E-state index contributed by atoms with van der Waals surface area (Å²) in [6.07, 6.45) is 0.571. The number of benzene rings is 2. The Bertz CT molecular complexity index is 1290. The maximum absolute atomic E-state index is 13.0. The first kappa shape index (κ1) is 22.1. The van der Waals surface area contributed by atoms with Crippen molar-refractivity contribution < 1.29 is 22.5 Å². The number of amides is 1. The third-order valence-corrected chi connectivity index (χ3v) is 6.68. The molecular weight excluding hydrogens is 456 g/mol. The number of ether oxygens (including phenoxy) is 1. The summed E-state index contributed by atoms with van der Waals surface area (Å²) in [6, 6.07) is 8.10. The number of rotatable bonds is 6. The van der Waals surface area contributed by atoms with Crippen LogP contribution in [0.4, 0.5) is 11.4 Å². The van der Waals surface area contributed by atoms with Gasteiger partial charge >= 0.3 is 0 Å². The first-order valence-electron chi connectivity index (χ1n) is 9.85. The minimum absolute atomic E-state index is 0.0436. The van der Waals surface area contributed by atoms with Crippen molar-refractivity contribution in [3.8, 4) is 5.75 Å². The maximum atomic E-state index is 13.0. The summed E-state index contributed by atoms with van der Waals surface area (Å²) < 4.78 is 39.2. The Balaban J connectivity index is 1.67. The molecule has 2 heterocycles. The van der Waals surface area contributed by atoms with Gasteiger partial charge in [0.1, 0.15) is 10.6 Å². The van der Waals surface area contributed by atoms with Crippen molar-refractivity contribution in [2.24, 2.45) is 0 Å². The molecule has 0 atom stereocenters. The lowest BCUT2D eigenvalue weighted by Crippen LogP contribution is -2.38. The summed E-state index contributed by atoms with van der Waals surface area (Å²) in [4.78, 5) is 17.9. The third-order valence-electron chi connectivity index (χ3n) is 4.83. The summed E-state index contributed by atoms with van der Waals surface area (Å²) >= 11 is 6.35. The zero-order chi connectivity index (χ0) is 23.0. The van der Waals surface area contributed by atoms with Crippen molar-refractivity contribution in [1.29, 1.82) is 0 Å². The van der Waals surface area contributed by atoms with E-state index in [4.69, 9.17) is 20.9 Å². The van der Waals surface area contributed by atoms with Crippen LogP contribution in [0.2, 0.25) is 5.02 Å². The largest absolute Gasteiger partial charge is 0.482 e. The molecule has 2 aromatic carbocycles. The van der Waals surface area contributed by atoms with Crippen LogP contribution in [0, 0.1) is 13.8 Å². The average molecular weight is 477 g/mol. The Hall–Kier alpha value is -3.11. The Labute approximate surface area is 190 Å². The van der Waals surface area contributed by atoms with E-state index in [0.29, 0.717) is 29.5 Å². The molecule has 9 nitrogen and oxygen atoms in total. The third kappa shape index (κ3) is 4.42. The van der Waals surface area contributed by atoms with Crippen LogP contribution in [0.15, 0.2) is 39.8 Å². The van der Waals surface area contributed by atoms with E-state index in [1.165, 1.54) is 17.0 Å². The van der Waals surface area contributed by atoms with Gasteiger partial charge in [-0.2, -0.15) is 4.98 Å². The van der Waals surface area contributed by atoms with Crippen molar-refractivity contribution in [1.82, 2.24) is 10.1 Å². The van der Waals surface area contributed by atoms with Crippen molar-refractivity contribution in [3.05, 3.63) is 58.2 Å². The van der Waals surface area contributed by atoms with Gasteiger partial charge in [0.25, 0.3) is 15.9 Å². The van der Waals surface area contributed by atoms with Gasteiger partial charge in [0, 0.05) is 18.2 Å². The van der Waals surface area contributed by atoms with Gasteiger partial charge in [0.2, 0.25) is 5.89 Å². The lowest BCUT2D eigenvalue weighted by atomic mass is 10.1. The molecule has 0 saturated heterocycles. The van der Waals surface area contributed by atoms with Gasteiger partial charge in [0.05, 0.1) is 17.3 Å². The van der Waals surface area contributed by atoms with Gasteiger partial charge in [-0.15, -0.1) is 0 Å². The number of hydrogen-bond donors (Lipinski definition) is 1. The number of carbonyl (C=O) groups excluding carboxylic acids is 1. The minimum Gasteiger partial charge on any atom is -0.482 e. The van der Waals surface area contributed by atoms with Crippen molar-refractivity contribution in [2.45, 2.75) is 38.6 Å². The molecule has 0 spiro atoms. The fourth-order valence-corrected chi connectivity index (χ4v) is 5.04. The number of anilines is 2. The Kier molecular flexibility index (Phi) is 5.83. The quantitative estimate of drug-likeness (QED) is 0.577. The zero-order valence-electron chi connectivity index (χ0n) is 17.7. The van der Waals surface area contributed by atoms with Gasteiger partial charge in [-0.3, -0.25) is 14.4 Å². The van der Waals surface area contributed by atoms with Crippen LogP contribution in [-0.4, -0.2) is 31.1 Å². The highest BCUT2D eigenvalue weighted by Crippen LogP contribution is 2.39. The maximum Gasteiger partial charge on any atom is 0.265 e. The highest BCUT2D eigenvalue weighted by Gasteiger charge is 2.31. The van der Waals surface area contributed by atoms with Crippen LogP contribution >= 0.6 is 11.6 Å². The van der Waals surface area contributed by atoms with Crippen molar-refractivity contribution in [2.75, 3.05) is 16.2 Å². The number of nitrogens with zero attached hydrogens (tertiary/aromatic N) is 3. The molecule has 0 aliphatic carbocycles. The minimum atomic E-state index is -4.01. The number of aromatic nitrogens is 2. The monoisotopic (exact) mass is 476 g/mol. The van der Waals surface area contributed by atoms with Crippen LogP contribution < -0.4 is 14.4 Å². The second-order valence-corrected chi connectivity index (χ2v) is 9.52. The van der Waals surface area contributed by atoms with E-state index in [1.54, 1.807) is 12.1 Å². The van der Waals surface area contributed by atoms with Crippen molar-refractivity contribution in [3.63, 3.8) is 0 Å². The van der Waals surface area contributed by atoms with E-state index in [0.717, 1.165) is 11.1 Å². The van der Waals surface area contributed by atoms with E-state index in [9.17, 15) is 13.2 Å². The summed E-state index contributed by atoms with van der Waals surface area (Å²) in [5.41, 5.74) is 2.60. The molecule has 3 aromatic rings. The molecule has 0 fully saturated rings. The Morgan fingerprint density at radius 3 is 2.53 bits per heavy atom. The molecule has 1 aromatic heterocycles. The molecule has 4 rings (SSSR count). The highest BCUT2D eigenvalue weighted by atomic mass is 35.5. The van der Waals surface area contributed by atoms with Crippen LogP contribution in [0.25, 0.3) is 0 Å². The first-order valence-corrected chi connectivity index (χ1v) is 11.7. The lowest BCUT2D eigenvalue weighted by Gasteiger charge is -2.29. The van der Waals surface area contributed by atoms with Crippen molar-refractivity contribution >= 4 is 38.9 Å². The van der Waals surface area contributed by atoms with E-state index < -0.39 is 10.0 Å². The molecule has 0 unspecified atom stereocenters. The lowest BCUT2D eigenvalue weighted by molar-refractivity contribution is -0.121. The second-order valence-electron chi connectivity index (χ2n) is 7.46. The van der Waals surface area contributed by atoms with Gasteiger partial charge in [-0.05, 0) is 43.2 Å². The summed E-state index contributed by atoms with van der Waals surface area (Å²) in [7, 11) is -4.01. The van der Waals surface area contributed by atoms with Crippen LogP contribution in [0.5, 0.6) is 5.75 Å². The normalized spacial score (nSPS) is 13.6. The van der Waals surface area contributed by atoms with E-state index in [2.05, 4.69) is 14.9 Å². The Morgan fingerprint density at radius 2 is 1.88 bits per heavy atom. The molecule has 32 heavy (non-hydrogen) atoms. The predicted molar refractivity (Wildman–Crippen MR) is 119 cm³/mol. The van der Waals surface area contributed by atoms with Gasteiger partial charge in [-0.25, -0.2) is 8.42 Å². The SMILES string of the molecule is CCc1nc(CN2C(=O)COc3cc(S(=O)(=O)Nc4cc(C)cc(C)c4)c(Cl)cc32)no1. The number of carbonyl (C=O) groups is 1. The van der Waals surface area contributed by atoms with Gasteiger partial charge in [-0.1, -0.05) is 29.7 Å². The summed E-state index contributed by atoms with van der Waals surface area (Å²) in [6.45, 7) is 5.42. The average Bonchev–Trinajstić information content (AvgIpc) is 3.16. The molecule has 0 bridgehead atoms. The Morgan fingerprint density at radius 1 is 1.16 bits per heavy atom. The van der Waals surface area contributed by atoms with Crippen LogP contribution in [0.3, 0.4) is 0 Å². The zero-order valence-corrected chi connectivity index (χ0v) is 19.2. The van der Waals surface area contributed by atoms with E-state index in [-0.39, 0.29) is 34.7 Å². The number of hydrogen-bond acceptors (Lipinski definition) is 7. The first-order chi connectivity index (χ1) is 15.2. The van der Waals surface area contributed by atoms with Crippen LogP contribution in [-0.2, 0) is 27.8 Å². The molecule has 1 amide bonds. The molecule has 0 radical (unpaired) electrons. The predicted octanol–water partition coefficient (Wildman–Crippen LogP) is 3.63. The second kappa shape index (κ2) is 8.44. The molecule has 1 aliphatic rings. The molecule has 1 aliphatic heterocycles. The van der Waals surface area contributed by atoms with Gasteiger partial charge < -0.3 is 9.26 Å². The number of fused-ring (bicyclic) bond motifs is 1. The van der Waals surface area contributed by atoms with E-state index in [1.807, 2.05) is 26.8 Å². The van der Waals surface area contributed by atoms with Crippen LogP contribution in [0.1, 0.15) is 29.8 Å². The molecule has 11 heteroatoms. The number of sulfonamides is 1. The highest BCUT2D eigenvalue weighted by molar-refractivity contribution is 7.92. The molecular formula is C21H21ClN4O5S. The number of halogens is 1. The smallest absolute Gasteiger partial charge is 0.265 e. The number of aryl methyl sites for hydroxylation is 3. The van der Waals surface area contributed by atoms with E-state index >= 15 is 0 Å². The summed E-state index contributed by atoms with van der Waals surface area (Å²) in [5, 5.41) is 3.82. The standard InChI is InChI=1S/C21H21ClN4O5S/c1-4-20-23-19(24-31-20)10-26-16-8-15(22)18(9-17(16)30-11-21(26)27)32(28,29)25-14-6-12(2)5-13(3)7-14/h5-9,25H,4,10-11H2,1-3H3. The molecule has 0 saturated carbocycles. The topological polar surface area (TPSA) is 115 Å². The summed E-state index contributed by atoms with van der Waals surface area (Å²) in [5.74, 6) is 0.666. The molecule has 168 valence electrons. The fraction of sp³-hybridized carbons (Fsp3) is 0.286. The fourth-order valence-electron chi connectivity index (χ4n) is 3.46.